The SMILES string of the molecule is c1ccc2cc3c(cc2c1)c1c2ccccc2ccc1n3-c1ccc2cc(-c3nc(-c4ccc5c(c4)oc4ccccc45)nc(-c4ccc5oc6ccccc6c5c4)n3)c3oc4ccccc4c3c2c1. The van der Waals surface area contributed by atoms with Crippen molar-refractivity contribution < 1.29 is 13.3 Å². The molecule has 0 amide bonds. The number of para-hydroxylation sites is 3. The summed E-state index contributed by atoms with van der Waals surface area (Å²) in [5.74, 6) is 1.55. The lowest BCUT2D eigenvalue weighted by atomic mass is 9.99. The number of hydrogen-bond donors (Lipinski definition) is 0. The van der Waals surface area contributed by atoms with Crippen LogP contribution < -0.4 is 0 Å². The second-order valence-electron chi connectivity index (χ2n) is 18.3. The Labute approximate surface area is 397 Å². The monoisotopic (exact) mass is 894 g/mol. The predicted octanol–water partition coefficient (Wildman–Crippen LogP) is 17.1. The number of benzene rings is 11. The first-order valence-corrected chi connectivity index (χ1v) is 23.5. The van der Waals surface area contributed by atoms with Crippen LogP contribution in [0.2, 0.25) is 0 Å². The topological polar surface area (TPSA) is 83.0 Å². The van der Waals surface area contributed by atoms with E-state index >= 15 is 0 Å². The molecule has 5 aromatic heterocycles. The molecular weight excluding hydrogens is 861 g/mol. The molecule has 0 bridgehead atoms. The van der Waals surface area contributed by atoms with Crippen molar-refractivity contribution in [1.82, 2.24) is 19.5 Å². The first kappa shape index (κ1) is 37.5. The van der Waals surface area contributed by atoms with Gasteiger partial charge < -0.3 is 17.8 Å². The summed E-state index contributed by atoms with van der Waals surface area (Å²) in [5.41, 5.74) is 10.5. The van der Waals surface area contributed by atoms with Gasteiger partial charge in [0.15, 0.2) is 17.5 Å². The van der Waals surface area contributed by atoms with Gasteiger partial charge >= 0.3 is 0 Å². The summed E-state index contributed by atoms with van der Waals surface area (Å²) in [6.45, 7) is 0. The van der Waals surface area contributed by atoms with Crippen molar-refractivity contribution >= 4 is 120 Å². The molecular formula is C63H34N4O3. The van der Waals surface area contributed by atoms with Crippen LogP contribution in [0.1, 0.15) is 0 Å². The third kappa shape index (κ3) is 5.37. The first-order valence-electron chi connectivity index (χ1n) is 23.5. The highest BCUT2D eigenvalue weighted by Crippen LogP contribution is 2.44. The van der Waals surface area contributed by atoms with Crippen molar-refractivity contribution in [2.75, 3.05) is 0 Å². The van der Waals surface area contributed by atoms with Crippen LogP contribution in [0.3, 0.4) is 0 Å². The number of rotatable bonds is 4. The molecule has 70 heavy (non-hydrogen) atoms. The summed E-state index contributed by atoms with van der Waals surface area (Å²) in [6, 6.07) is 72.3. The molecule has 0 unspecified atom stereocenters. The lowest BCUT2D eigenvalue weighted by Gasteiger charge is -2.13. The zero-order chi connectivity index (χ0) is 45.6. The fourth-order valence-corrected chi connectivity index (χ4v) is 11.2. The van der Waals surface area contributed by atoms with Crippen molar-refractivity contribution in [3.63, 3.8) is 0 Å². The summed E-state index contributed by atoms with van der Waals surface area (Å²) < 4.78 is 22.0. The van der Waals surface area contributed by atoms with Crippen LogP contribution in [0.25, 0.3) is 160 Å². The van der Waals surface area contributed by atoms with Crippen LogP contribution in [0, 0.1) is 0 Å². The second kappa shape index (κ2) is 14.0. The van der Waals surface area contributed by atoms with Gasteiger partial charge in [-0.15, -0.1) is 0 Å². The lowest BCUT2D eigenvalue weighted by Crippen LogP contribution is -2.00. The minimum atomic E-state index is 0.498. The van der Waals surface area contributed by atoms with Gasteiger partial charge in [0.05, 0.1) is 16.6 Å². The van der Waals surface area contributed by atoms with E-state index in [1.54, 1.807) is 0 Å². The molecule has 7 heteroatoms. The molecule has 11 aromatic carbocycles. The van der Waals surface area contributed by atoms with Gasteiger partial charge in [-0.2, -0.15) is 0 Å². The van der Waals surface area contributed by atoms with Crippen LogP contribution in [0.5, 0.6) is 0 Å². The summed E-state index contributed by atoms with van der Waals surface area (Å²) in [7, 11) is 0. The minimum Gasteiger partial charge on any atom is -0.456 e. The van der Waals surface area contributed by atoms with Gasteiger partial charge in [-0.25, -0.2) is 15.0 Å². The standard InChI is InChI=1S/C63H34N4O3/c1-2-13-37-32-52-49(29-36(37)12-1)58-42-14-4-3-11-35(42)23-27-51(58)67(52)41-25-21-38-30-50(60-59(47(38)34-41)46-17-7-10-20-55(46)70-60)63-65-61(39-24-28-56-48(31-39)44-16-6-9-19-54(44)68-56)64-62(66-63)40-22-26-45-43-15-5-8-18-53(43)69-57(45)33-40/h1-34H. The molecule has 0 aliphatic heterocycles. The summed E-state index contributed by atoms with van der Waals surface area (Å²) in [4.78, 5) is 15.9. The molecule has 324 valence electrons. The van der Waals surface area contributed by atoms with E-state index in [0.717, 1.165) is 104 Å². The van der Waals surface area contributed by atoms with E-state index < -0.39 is 0 Å². The Hall–Kier alpha value is -9.59. The number of nitrogens with zero attached hydrogens (tertiary/aromatic N) is 4. The Morgan fingerprint density at radius 2 is 0.886 bits per heavy atom. The Bertz CT molecular complexity index is 4920. The Balaban J connectivity index is 0.953. The quantitative estimate of drug-likeness (QED) is 0.175. The molecule has 5 heterocycles. The number of aromatic nitrogens is 4. The van der Waals surface area contributed by atoms with Crippen LogP contribution in [-0.4, -0.2) is 19.5 Å². The number of furan rings is 3. The highest BCUT2D eigenvalue weighted by Gasteiger charge is 2.23. The predicted molar refractivity (Wildman–Crippen MR) is 285 cm³/mol. The van der Waals surface area contributed by atoms with Gasteiger partial charge in [0.2, 0.25) is 0 Å². The Kier molecular flexibility index (Phi) is 7.49. The van der Waals surface area contributed by atoms with E-state index in [9.17, 15) is 0 Å². The van der Waals surface area contributed by atoms with E-state index in [0.29, 0.717) is 23.1 Å². The first-order chi connectivity index (χ1) is 34.6. The van der Waals surface area contributed by atoms with Crippen LogP contribution in [0.15, 0.2) is 220 Å². The third-order valence-electron chi connectivity index (χ3n) is 14.4. The van der Waals surface area contributed by atoms with Gasteiger partial charge in [0, 0.05) is 59.9 Å². The van der Waals surface area contributed by atoms with E-state index in [1.807, 2.05) is 66.7 Å². The molecule has 0 N–H and O–H groups in total. The van der Waals surface area contributed by atoms with Crippen molar-refractivity contribution in [1.29, 1.82) is 0 Å². The van der Waals surface area contributed by atoms with E-state index in [-0.39, 0.29) is 0 Å². The second-order valence-corrected chi connectivity index (χ2v) is 18.3. The van der Waals surface area contributed by atoms with Crippen molar-refractivity contribution in [2.45, 2.75) is 0 Å². The van der Waals surface area contributed by atoms with Gasteiger partial charge in [-0.3, -0.25) is 0 Å². The molecule has 7 nitrogen and oxygen atoms in total. The summed E-state index contributed by atoms with van der Waals surface area (Å²) in [6.07, 6.45) is 0. The largest absolute Gasteiger partial charge is 0.456 e. The summed E-state index contributed by atoms with van der Waals surface area (Å²) in [5, 5.41) is 15.6. The highest BCUT2D eigenvalue weighted by atomic mass is 16.3. The van der Waals surface area contributed by atoms with Gasteiger partial charge in [0.25, 0.3) is 0 Å². The minimum absolute atomic E-state index is 0.498. The van der Waals surface area contributed by atoms with Crippen molar-refractivity contribution in [3.8, 4) is 39.9 Å². The number of fused-ring (bicyclic) bond motifs is 17. The van der Waals surface area contributed by atoms with E-state index in [2.05, 4.69) is 144 Å². The maximum atomic E-state index is 6.96. The molecule has 16 aromatic rings. The van der Waals surface area contributed by atoms with Crippen LogP contribution in [-0.2, 0) is 0 Å². The van der Waals surface area contributed by atoms with Gasteiger partial charge in [0.1, 0.15) is 33.5 Å². The normalized spacial score (nSPS) is 12.3. The average molecular weight is 895 g/mol. The molecule has 0 radical (unpaired) electrons. The fourth-order valence-electron chi connectivity index (χ4n) is 11.2. The van der Waals surface area contributed by atoms with E-state index in [1.165, 1.54) is 32.3 Å². The van der Waals surface area contributed by atoms with E-state index in [4.69, 9.17) is 28.2 Å². The molecule has 0 saturated heterocycles. The third-order valence-corrected chi connectivity index (χ3v) is 14.4. The smallest absolute Gasteiger partial charge is 0.167 e. The Morgan fingerprint density at radius 3 is 1.69 bits per heavy atom. The maximum Gasteiger partial charge on any atom is 0.167 e. The molecule has 0 aliphatic rings. The zero-order valence-electron chi connectivity index (χ0n) is 37.1. The van der Waals surface area contributed by atoms with Crippen LogP contribution >= 0.6 is 0 Å². The van der Waals surface area contributed by atoms with Gasteiger partial charge in [-0.1, -0.05) is 121 Å². The molecule has 0 aliphatic carbocycles. The molecule has 0 atom stereocenters. The number of hydrogen-bond acceptors (Lipinski definition) is 6. The lowest BCUT2D eigenvalue weighted by molar-refractivity contribution is 0.668. The zero-order valence-corrected chi connectivity index (χ0v) is 37.1. The van der Waals surface area contributed by atoms with Gasteiger partial charge in [-0.05, 0) is 117 Å². The maximum absolute atomic E-state index is 6.96. The highest BCUT2D eigenvalue weighted by molar-refractivity contribution is 6.25. The van der Waals surface area contributed by atoms with Crippen LogP contribution in [0.4, 0.5) is 0 Å². The molecule has 0 saturated carbocycles. The molecule has 16 rings (SSSR count). The summed E-state index contributed by atoms with van der Waals surface area (Å²) >= 11 is 0. The average Bonchev–Trinajstić information content (AvgIpc) is 4.18. The van der Waals surface area contributed by atoms with Crippen molar-refractivity contribution in [2.24, 2.45) is 0 Å². The Morgan fingerprint density at radius 1 is 0.300 bits per heavy atom. The van der Waals surface area contributed by atoms with Crippen molar-refractivity contribution in [3.05, 3.63) is 206 Å². The molecule has 0 fully saturated rings. The fraction of sp³-hybridized carbons (Fsp3) is 0. The molecule has 0 spiro atoms.